The van der Waals surface area contributed by atoms with E-state index in [1.165, 1.54) is 175 Å². The Morgan fingerprint density at radius 1 is 0.224 bits per heavy atom. The molecule has 0 heterocycles. The zero-order valence-corrected chi connectivity index (χ0v) is 43.2. The molecule has 14 aromatic carbocycles. The van der Waals surface area contributed by atoms with Gasteiger partial charge in [-0.2, -0.15) is 0 Å². The molecule has 356 valence electrons. The first-order valence-corrected chi connectivity index (χ1v) is 27.3. The molecule has 4 aliphatic carbocycles. The van der Waals surface area contributed by atoms with Crippen LogP contribution in [0.1, 0.15) is 72.2 Å². The highest BCUT2D eigenvalue weighted by molar-refractivity contribution is 6.27. The smallest absolute Gasteiger partial charge is 0.0159 e. The minimum absolute atomic E-state index is 0.0453. The second-order valence-electron chi connectivity index (χ2n) is 23.4. The topological polar surface area (TPSA) is 0 Å². The van der Waals surface area contributed by atoms with E-state index >= 15 is 0 Å². The molecule has 0 radical (unpaired) electrons. The van der Waals surface area contributed by atoms with Crippen molar-refractivity contribution in [1.82, 2.24) is 0 Å². The standard InChI is InChI=1S/C40H30.C36H22/c1-39(2)34-18-17-23-11-5-6-12-24(23)38(34)33-22-36-32(21-37(33)39)31-19-29-27-15-9-7-13-25(27)26-14-8-10-16-28(26)30(29)20-35(31)40(36,3)4;1-2-8-26-21(7-1)13-14-22-15-25-17-31-23(18-33(25)36(22)26)16-24-19-34-29-11-5-3-9-27(29)28-10-4-6-12-30(28)35(34)20-32(24)31/h5-22H,1-4H3;1-14,17-20H,15-16H2. The maximum absolute atomic E-state index is 2.55. The van der Waals surface area contributed by atoms with Crippen LogP contribution in [0, 0.1) is 0 Å². The van der Waals surface area contributed by atoms with Crippen molar-refractivity contribution in [3.8, 4) is 44.5 Å². The fraction of sp³-hybridized carbons (Fsp3) is 0.105. The Balaban J connectivity index is 0.000000124. The van der Waals surface area contributed by atoms with Crippen molar-refractivity contribution in [3.05, 3.63) is 263 Å². The van der Waals surface area contributed by atoms with Crippen molar-refractivity contribution in [2.75, 3.05) is 0 Å². The van der Waals surface area contributed by atoms with E-state index in [1.54, 1.807) is 0 Å². The molecule has 18 rings (SSSR count). The van der Waals surface area contributed by atoms with Gasteiger partial charge in [-0.1, -0.05) is 198 Å². The van der Waals surface area contributed by atoms with E-state index in [-0.39, 0.29) is 10.8 Å². The molecule has 0 unspecified atom stereocenters. The lowest BCUT2D eigenvalue weighted by Gasteiger charge is -2.24. The van der Waals surface area contributed by atoms with Crippen LogP contribution in [-0.4, -0.2) is 0 Å². The Bertz CT molecular complexity index is 4980. The van der Waals surface area contributed by atoms with Crippen molar-refractivity contribution in [2.45, 2.75) is 51.4 Å². The molecular formula is C76H52. The van der Waals surface area contributed by atoms with Crippen molar-refractivity contribution in [1.29, 1.82) is 0 Å². The average molecular weight is 965 g/mol. The molecule has 76 heavy (non-hydrogen) atoms. The van der Waals surface area contributed by atoms with E-state index in [2.05, 4.69) is 246 Å². The molecule has 0 saturated heterocycles. The maximum atomic E-state index is 2.55. The quantitative estimate of drug-likeness (QED) is 0.133. The average Bonchev–Trinajstić information content (AvgIpc) is 4.25. The van der Waals surface area contributed by atoms with Gasteiger partial charge in [0.1, 0.15) is 0 Å². The van der Waals surface area contributed by atoms with E-state index in [9.17, 15) is 0 Å². The van der Waals surface area contributed by atoms with Crippen LogP contribution in [0.25, 0.3) is 131 Å². The Kier molecular flexibility index (Phi) is 8.35. The Labute approximate surface area is 442 Å². The van der Waals surface area contributed by atoms with Gasteiger partial charge in [0.2, 0.25) is 0 Å². The summed E-state index contributed by atoms with van der Waals surface area (Å²) in [7, 11) is 0. The lowest BCUT2D eigenvalue weighted by molar-refractivity contribution is 0.652. The summed E-state index contributed by atoms with van der Waals surface area (Å²) in [6.07, 6.45) is 2.04. The summed E-state index contributed by atoms with van der Waals surface area (Å²) < 4.78 is 0. The lowest BCUT2D eigenvalue weighted by atomic mass is 9.79. The van der Waals surface area contributed by atoms with Crippen molar-refractivity contribution in [3.63, 3.8) is 0 Å². The van der Waals surface area contributed by atoms with Crippen molar-refractivity contribution in [2.24, 2.45) is 0 Å². The highest BCUT2D eigenvalue weighted by Gasteiger charge is 2.42. The molecule has 14 aromatic rings. The van der Waals surface area contributed by atoms with Crippen molar-refractivity contribution < 1.29 is 0 Å². The Morgan fingerprint density at radius 3 is 1.17 bits per heavy atom. The van der Waals surface area contributed by atoms with Gasteiger partial charge in [0.05, 0.1) is 0 Å². The second kappa shape index (κ2) is 14.9. The van der Waals surface area contributed by atoms with Crippen LogP contribution in [0.2, 0.25) is 0 Å². The highest BCUT2D eigenvalue weighted by atomic mass is 14.5. The molecule has 0 aromatic heterocycles. The summed E-state index contributed by atoms with van der Waals surface area (Å²) in [4.78, 5) is 0. The largest absolute Gasteiger partial charge is 0.0616 e. The maximum Gasteiger partial charge on any atom is 0.0159 e. The molecule has 0 N–H and O–H groups in total. The molecular weight excluding hydrogens is 913 g/mol. The molecule has 0 amide bonds. The predicted octanol–water partition coefficient (Wildman–Crippen LogP) is 20.4. The monoisotopic (exact) mass is 964 g/mol. The normalized spacial score (nSPS) is 14.7. The zero-order valence-electron chi connectivity index (χ0n) is 43.2. The molecule has 0 fully saturated rings. The van der Waals surface area contributed by atoms with Gasteiger partial charge in [0, 0.05) is 10.8 Å². The Morgan fingerprint density at radius 2 is 0.579 bits per heavy atom. The number of hydrogen-bond donors (Lipinski definition) is 0. The predicted molar refractivity (Wildman–Crippen MR) is 325 cm³/mol. The third-order valence-corrected chi connectivity index (χ3v) is 18.9. The van der Waals surface area contributed by atoms with E-state index in [0.29, 0.717) is 0 Å². The first-order valence-electron chi connectivity index (χ1n) is 27.3. The molecule has 0 bridgehead atoms. The first-order chi connectivity index (χ1) is 37.2. The Hall–Kier alpha value is -8.84. The summed E-state index contributed by atoms with van der Waals surface area (Å²) >= 11 is 0. The fourth-order valence-electron chi connectivity index (χ4n) is 15.2. The van der Waals surface area contributed by atoms with E-state index in [1.807, 2.05) is 0 Å². The molecule has 0 spiro atoms. The minimum atomic E-state index is -0.0852. The van der Waals surface area contributed by atoms with Crippen LogP contribution in [0.4, 0.5) is 0 Å². The van der Waals surface area contributed by atoms with Gasteiger partial charge in [0.25, 0.3) is 0 Å². The molecule has 0 aliphatic heterocycles. The van der Waals surface area contributed by atoms with Gasteiger partial charge in [-0.15, -0.1) is 0 Å². The summed E-state index contributed by atoms with van der Waals surface area (Å²) in [5.41, 5.74) is 22.9. The fourth-order valence-corrected chi connectivity index (χ4v) is 15.2. The van der Waals surface area contributed by atoms with Crippen molar-refractivity contribution >= 4 is 86.2 Å². The van der Waals surface area contributed by atoms with Gasteiger partial charge in [-0.25, -0.2) is 0 Å². The van der Waals surface area contributed by atoms with Gasteiger partial charge < -0.3 is 0 Å². The molecule has 0 heteroatoms. The van der Waals surface area contributed by atoms with E-state index in [0.717, 1.165) is 12.8 Å². The van der Waals surface area contributed by atoms with Crippen LogP contribution in [0.3, 0.4) is 0 Å². The summed E-state index contributed by atoms with van der Waals surface area (Å²) in [5.74, 6) is 0. The summed E-state index contributed by atoms with van der Waals surface area (Å²) in [6.45, 7) is 9.65. The summed E-state index contributed by atoms with van der Waals surface area (Å²) in [5, 5.41) is 21.6. The van der Waals surface area contributed by atoms with Gasteiger partial charge in [-0.05, 0) is 237 Å². The third-order valence-electron chi connectivity index (χ3n) is 18.9. The third kappa shape index (κ3) is 5.58. The zero-order chi connectivity index (χ0) is 50.3. The van der Waals surface area contributed by atoms with Gasteiger partial charge in [-0.3, -0.25) is 0 Å². The lowest BCUT2D eigenvalue weighted by Crippen LogP contribution is -2.17. The number of benzene rings is 14. The van der Waals surface area contributed by atoms with Crippen LogP contribution in [-0.2, 0) is 23.7 Å². The molecule has 0 saturated carbocycles. The van der Waals surface area contributed by atoms with E-state index < -0.39 is 0 Å². The van der Waals surface area contributed by atoms with Crippen LogP contribution >= 0.6 is 0 Å². The van der Waals surface area contributed by atoms with Gasteiger partial charge >= 0.3 is 0 Å². The van der Waals surface area contributed by atoms with Crippen LogP contribution < -0.4 is 0 Å². The highest BCUT2D eigenvalue weighted by Crippen LogP contribution is 2.58. The SMILES string of the molecule is CC1(C)c2cc3c(cc2-c2cc4c5ccccc5c5ccccc5c4cc21)C(C)(C)c1ccc2ccccc2c1-3.c1ccc2c3c(ccc2c1)Cc1cc2c(cc1-3)Cc1cc3c4ccccc4c4ccccc4c3cc1-2. The second-order valence-corrected chi connectivity index (χ2v) is 23.4. The molecule has 0 atom stereocenters. The van der Waals surface area contributed by atoms with Crippen LogP contribution in [0.5, 0.6) is 0 Å². The van der Waals surface area contributed by atoms with E-state index in [4.69, 9.17) is 0 Å². The van der Waals surface area contributed by atoms with Gasteiger partial charge in [0.15, 0.2) is 0 Å². The number of hydrogen-bond acceptors (Lipinski definition) is 0. The summed E-state index contributed by atoms with van der Waals surface area (Å²) in [6, 6.07) is 82.7. The molecule has 4 aliphatic rings. The number of rotatable bonds is 0. The molecule has 0 nitrogen and oxygen atoms in total. The first kappa shape index (κ1) is 42.5. The van der Waals surface area contributed by atoms with Crippen LogP contribution in [0.15, 0.2) is 218 Å². The minimum Gasteiger partial charge on any atom is -0.0616 e. The number of fused-ring (bicyclic) bond motifs is 28.